The van der Waals surface area contributed by atoms with E-state index in [0.717, 1.165) is 18.6 Å². The predicted molar refractivity (Wildman–Crippen MR) is 103 cm³/mol. The SMILES string of the molecule is CC(C)(C)[C@H]1CC=C2C(C#N)=C(N)C(C#N)(C#N)[C@@H](c3ccc(F)c(F)c3)[C@H]2C1. The van der Waals surface area contributed by atoms with E-state index in [-0.39, 0.29) is 28.5 Å². The highest BCUT2D eigenvalue weighted by Gasteiger charge is 2.55. The topological polar surface area (TPSA) is 97.4 Å². The van der Waals surface area contributed by atoms with Crippen molar-refractivity contribution in [1.82, 2.24) is 0 Å². The molecule has 2 N–H and O–H groups in total. The third-order valence-electron chi connectivity index (χ3n) is 6.40. The van der Waals surface area contributed by atoms with Crippen LogP contribution in [0, 0.1) is 68.3 Å². The second-order valence-corrected chi connectivity index (χ2v) is 8.88. The van der Waals surface area contributed by atoms with Crippen molar-refractivity contribution in [3.8, 4) is 18.2 Å². The average molecular weight is 392 g/mol. The number of hydrogen-bond acceptors (Lipinski definition) is 4. The van der Waals surface area contributed by atoms with Gasteiger partial charge >= 0.3 is 0 Å². The second-order valence-electron chi connectivity index (χ2n) is 8.88. The molecular weight excluding hydrogens is 370 g/mol. The number of halogens is 2. The number of nitrogens with two attached hydrogens (primary N) is 1. The van der Waals surface area contributed by atoms with E-state index in [0.29, 0.717) is 17.6 Å². The fourth-order valence-corrected chi connectivity index (χ4v) is 4.68. The lowest BCUT2D eigenvalue weighted by Gasteiger charge is -2.47. The quantitative estimate of drug-likeness (QED) is 0.740. The molecule has 0 bridgehead atoms. The van der Waals surface area contributed by atoms with Gasteiger partial charge in [0.25, 0.3) is 0 Å². The molecule has 2 aliphatic carbocycles. The molecule has 148 valence electrons. The summed E-state index contributed by atoms with van der Waals surface area (Å²) in [6.07, 6.45) is 3.31. The van der Waals surface area contributed by atoms with Crippen LogP contribution in [0.15, 0.2) is 41.1 Å². The fourth-order valence-electron chi connectivity index (χ4n) is 4.68. The highest BCUT2D eigenvalue weighted by Crippen LogP contribution is 2.57. The molecule has 1 aromatic carbocycles. The minimum Gasteiger partial charge on any atom is -0.399 e. The molecule has 0 spiro atoms. The van der Waals surface area contributed by atoms with Crippen LogP contribution >= 0.6 is 0 Å². The van der Waals surface area contributed by atoms with Crippen molar-refractivity contribution < 1.29 is 8.78 Å². The Morgan fingerprint density at radius 1 is 1.10 bits per heavy atom. The number of fused-ring (bicyclic) bond motifs is 1. The Morgan fingerprint density at radius 2 is 1.76 bits per heavy atom. The maximum atomic E-state index is 14.1. The number of rotatable bonds is 1. The lowest BCUT2D eigenvalue weighted by atomic mass is 9.54. The van der Waals surface area contributed by atoms with Crippen LogP contribution in [0.3, 0.4) is 0 Å². The molecule has 0 saturated carbocycles. The van der Waals surface area contributed by atoms with Gasteiger partial charge in [-0.3, -0.25) is 0 Å². The summed E-state index contributed by atoms with van der Waals surface area (Å²) in [4.78, 5) is 0. The van der Waals surface area contributed by atoms with Crippen LogP contribution < -0.4 is 5.73 Å². The number of nitrogens with zero attached hydrogens (tertiary/aromatic N) is 3. The van der Waals surface area contributed by atoms with Gasteiger partial charge in [-0.25, -0.2) is 8.78 Å². The molecule has 2 aliphatic rings. The zero-order valence-corrected chi connectivity index (χ0v) is 16.6. The largest absolute Gasteiger partial charge is 0.399 e. The standard InChI is InChI=1S/C23H22F2N4/c1-22(2,3)14-5-6-15-16(9-14)20(13-4-7-18(24)19(25)8-13)23(11-27,12-28)21(29)17(15)10-26/h4,6-8,14,16,20H,5,9,29H2,1-3H3/t14-,16-,20-/m0/s1. The molecule has 0 unspecified atom stereocenters. The van der Waals surface area contributed by atoms with Gasteiger partial charge in [0.05, 0.1) is 23.4 Å². The van der Waals surface area contributed by atoms with E-state index in [1.54, 1.807) is 0 Å². The Labute approximate surface area is 169 Å². The zero-order chi connectivity index (χ0) is 21.6. The Morgan fingerprint density at radius 3 is 2.28 bits per heavy atom. The second kappa shape index (κ2) is 7.02. The van der Waals surface area contributed by atoms with Crippen LogP contribution in [0.5, 0.6) is 0 Å². The Hall–Kier alpha value is -3.17. The van der Waals surface area contributed by atoms with Crippen molar-refractivity contribution in [1.29, 1.82) is 15.8 Å². The van der Waals surface area contributed by atoms with Gasteiger partial charge in [0, 0.05) is 5.92 Å². The van der Waals surface area contributed by atoms with Gasteiger partial charge < -0.3 is 5.73 Å². The van der Waals surface area contributed by atoms with Gasteiger partial charge in [0.15, 0.2) is 17.0 Å². The Bertz CT molecular complexity index is 1030. The first-order valence-corrected chi connectivity index (χ1v) is 9.49. The molecule has 0 radical (unpaired) electrons. The highest BCUT2D eigenvalue weighted by molar-refractivity contribution is 5.59. The van der Waals surface area contributed by atoms with Gasteiger partial charge in [-0.05, 0) is 53.4 Å². The summed E-state index contributed by atoms with van der Waals surface area (Å²) in [5.41, 5.74) is 5.41. The van der Waals surface area contributed by atoms with Gasteiger partial charge in [-0.1, -0.05) is 32.9 Å². The first-order valence-electron chi connectivity index (χ1n) is 9.49. The van der Waals surface area contributed by atoms with Gasteiger partial charge in [0.2, 0.25) is 0 Å². The summed E-state index contributed by atoms with van der Waals surface area (Å²) >= 11 is 0. The normalized spacial score (nSPS) is 25.9. The van der Waals surface area contributed by atoms with Gasteiger partial charge in [0.1, 0.15) is 6.07 Å². The molecule has 0 heterocycles. The van der Waals surface area contributed by atoms with Crippen molar-refractivity contribution in [3.05, 3.63) is 58.3 Å². The smallest absolute Gasteiger partial charge is 0.191 e. The number of allylic oxidation sites excluding steroid dienone is 4. The molecule has 0 aliphatic heterocycles. The molecular formula is C23H22F2N4. The van der Waals surface area contributed by atoms with E-state index in [9.17, 15) is 24.6 Å². The van der Waals surface area contributed by atoms with E-state index in [2.05, 4.69) is 26.8 Å². The van der Waals surface area contributed by atoms with E-state index in [1.807, 2.05) is 18.2 Å². The summed E-state index contributed by atoms with van der Waals surface area (Å²) in [7, 11) is 0. The van der Waals surface area contributed by atoms with Crippen LogP contribution in [0.4, 0.5) is 8.78 Å². The van der Waals surface area contributed by atoms with E-state index >= 15 is 0 Å². The lowest BCUT2D eigenvalue weighted by molar-refractivity contribution is 0.170. The maximum absolute atomic E-state index is 14.1. The number of nitriles is 3. The minimum absolute atomic E-state index is 0.0396. The first-order chi connectivity index (χ1) is 13.6. The number of benzene rings is 1. The van der Waals surface area contributed by atoms with Crippen LogP contribution in [-0.4, -0.2) is 0 Å². The summed E-state index contributed by atoms with van der Waals surface area (Å²) in [6.45, 7) is 6.34. The fraction of sp³-hybridized carbons (Fsp3) is 0.435. The molecule has 0 fully saturated rings. The van der Waals surface area contributed by atoms with Gasteiger partial charge in [-0.2, -0.15) is 15.8 Å². The zero-order valence-electron chi connectivity index (χ0n) is 16.6. The Kier molecular flexibility index (Phi) is 4.97. The van der Waals surface area contributed by atoms with Crippen LogP contribution in [-0.2, 0) is 0 Å². The van der Waals surface area contributed by atoms with Crippen LogP contribution in [0.2, 0.25) is 0 Å². The highest BCUT2D eigenvalue weighted by atomic mass is 19.2. The number of hydrogen-bond donors (Lipinski definition) is 1. The van der Waals surface area contributed by atoms with E-state index in [1.165, 1.54) is 6.07 Å². The van der Waals surface area contributed by atoms with Crippen molar-refractivity contribution in [2.45, 2.75) is 39.5 Å². The molecule has 3 atom stereocenters. The van der Waals surface area contributed by atoms with Crippen molar-refractivity contribution in [2.24, 2.45) is 28.4 Å². The molecule has 0 aromatic heterocycles. The predicted octanol–water partition coefficient (Wildman–Crippen LogP) is 4.83. The molecule has 1 aromatic rings. The third kappa shape index (κ3) is 3.08. The monoisotopic (exact) mass is 392 g/mol. The molecule has 0 saturated heterocycles. The molecule has 0 amide bonds. The summed E-state index contributed by atoms with van der Waals surface area (Å²) in [5.74, 6) is -2.99. The van der Waals surface area contributed by atoms with Gasteiger partial charge in [-0.15, -0.1) is 0 Å². The van der Waals surface area contributed by atoms with Crippen molar-refractivity contribution in [3.63, 3.8) is 0 Å². The lowest BCUT2D eigenvalue weighted by Crippen LogP contribution is -2.44. The van der Waals surface area contributed by atoms with Crippen LogP contribution in [0.25, 0.3) is 0 Å². The van der Waals surface area contributed by atoms with Crippen molar-refractivity contribution >= 4 is 0 Å². The van der Waals surface area contributed by atoms with Crippen LogP contribution in [0.1, 0.15) is 45.1 Å². The Balaban J connectivity index is 2.32. The van der Waals surface area contributed by atoms with E-state index in [4.69, 9.17) is 5.73 Å². The molecule has 4 nitrogen and oxygen atoms in total. The molecule has 3 rings (SSSR count). The summed E-state index contributed by atoms with van der Waals surface area (Å²) < 4.78 is 27.6. The molecule has 6 heteroatoms. The minimum atomic E-state index is -1.84. The summed E-state index contributed by atoms with van der Waals surface area (Å²) in [5, 5.41) is 29.8. The first kappa shape index (κ1) is 20.6. The third-order valence-corrected chi connectivity index (χ3v) is 6.40. The van der Waals surface area contributed by atoms with Crippen molar-refractivity contribution in [2.75, 3.05) is 0 Å². The summed E-state index contributed by atoms with van der Waals surface area (Å²) in [6, 6.07) is 9.53. The van der Waals surface area contributed by atoms with E-state index < -0.39 is 23.0 Å². The maximum Gasteiger partial charge on any atom is 0.191 e. The average Bonchev–Trinajstić information content (AvgIpc) is 2.68. The molecule has 29 heavy (non-hydrogen) atoms.